The second kappa shape index (κ2) is 7.92. The van der Waals surface area contributed by atoms with Gasteiger partial charge in [0.15, 0.2) is 5.69 Å². The van der Waals surface area contributed by atoms with Gasteiger partial charge in [0.05, 0.1) is 0 Å². The quantitative estimate of drug-likeness (QED) is 0.848. The number of likely N-dealkylation sites (tertiary alicyclic amines) is 1. The lowest BCUT2D eigenvalue weighted by Gasteiger charge is -2.25. The maximum atomic E-state index is 13.0. The van der Waals surface area contributed by atoms with Gasteiger partial charge in [-0.25, -0.2) is 0 Å². The number of amides is 1. The summed E-state index contributed by atoms with van der Waals surface area (Å²) in [6.45, 7) is 5.72. The molecular weight excluding hydrogens is 344 g/mol. The topological polar surface area (TPSA) is 50.2 Å². The fourth-order valence-electron chi connectivity index (χ4n) is 4.22. The molecule has 0 spiro atoms. The lowest BCUT2D eigenvalue weighted by atomic mass is 9.91. The standard InChI is InChI=1S/C20H28N4OS/c1-2-24-18-8-7-15(21-10-9-16-6-5-13-26-16)14-17(18)19(22-24)20(25)23-11-3-4-12-23/h5-6,13,15,21H,2-4,7-12,14H2,1H3. The molecule has 1 aliphatic heterocycles. The number of hydrogen-bond acceptors (Lipinski definition) is 4. The summed E-state index contributed by atoms with van der Waals surface area (Å²) in [7, 11) is 0. The number of aryl methyl sites for hydroxylation is 1. The van der Waals surface area contributed by atoms with Crippen LogP contribution in [0.2, 0.25) is 0 Å². The van der Waals surface area contributed by atoms with Crippen LogP contribution < -0.4 is 5.32 Å². The second-order valence-electron chi connectivity index (χ2n) is 7.31. The molecule has 1 N–H and O–H groups in total. The molecule has 6 heteroatoms. The van der Waals surface area contributed by atoms with Crippen LogP contribution in [0.25, 0.3) is 0 Å². The minimum absolute atomic E-state index is 0.144. The van der Waals surface area contributed by atoms with Crippen LogP contribution in [0.15, 0.2) is 17.5 Å². The summed E-state index contributed by atoms with van der Waals surface area (Å²) >= 11 is 1.82. The first-order chi connectivity index (χ1) is 12.8. The molecule has 0 saturated carbocycles. The highest BCUT2D eigenvalue weighted by molar-refractivity contribution is 7.09. The van der Waals surface area contributed by atoms with Gasteiger partial charge in [-0.3, -0.25) is 9.48 Å². The Morgan fingerprint density at radius 1 is 1.38 bits per heavy atom. The van der Waals surface area contributed by atoms with Crippen molar-refractivity contribution < 1.29 is 4.79 Å². The van der Waals surface area contributed by atoms with Gasteiger partial charge in [0, 0.05) is 48.4 Å². The summed E-state index contributed by atoms with van der Waals surface area (Å²) in [4.78, 5) is 16.4. The smallest absolute Gasteiger partial charge is 0.274 e. The van der Waals surface area contributed by atoms with Gasteiger partial charge in [-0.2, -0.15) is 5.10 Å². The number of carbonyl (C=O) groups excluding carboxylic acids is 1. The summed E-state index contributed by atoms with van der Waals surface area (Å²) in [5.41, 5.74) is 3.20. The van der Waals surface area contributed by atoms with Crippen LogP contribution in [0, 0.1) is 0 Å². The van der Waals surface area contributed by atoms with Gasteiger partial charge in [-0.15, -0.1) is 11.3 Å². The van der Waals surface area contributed by atoms with Crippen molar-refractivity contribution in [3.05, 3.63) is 39.3 Å². The molecule has 2 aromatic rings. The SMILES string of the molecule is CCn1nc(C(=O)N2CCCC2)c2c1CCC(NCCc1cccs1)C2. The van der Waals surface area contributed by atoms with Crippen molar-refractivity contribution in [2.45, 2.75) is 58.0 Å². The first-order valence-corrected chi connectivity index (χ1v) is 10.8. The highest BCUT2D eigenvalue weighted by atomic mass is 32.1. The summed E-state index contributed by atoms with van der Waals surface area (Å²) in [5, 5.41) is 10.6. The van der Waals surface area contributed by atoms with E-state index in [-0.39, 0.29) is 5.91 Å². The zero-order valence-corrected chi connectivity index (χ0v) is 16.4. The molecule has 1 atom stereocenters. The van der Waals surface area contributed by atoms with E-state index in [1.807, 2.05) is 16.2 Å². The summed E-state index contributed by atoms with van der Waals surface area (Å²) < 4.78 is 2.06. The minimum atomic E-state index is 0.144. The zero-order chi connectivity index (χ0) is 17.9. The van der Waals surface area contributed by atoms with Crippen LogP contribution in [0.1, 0.15) is 52.8 Å². The maximum absolute atomic E-state index is 13.0. The van der Waals surface area contributed by atoms with Gasteiger partial charge >= 0.3 is 0 Å². The number of nitrogens with zero attached hydrogens (tertiary/aromatic N) is 3. The van der Waals surface area contributed by atoms with Gasteiger partial charge in [0.1, 0.15) is 0 Å². The monoisotopic (exact) mass is 372 g/mol. The van der Waals surface area contributed by atoms with E-state index in [9.17, 15) is 4.79 Å². The van der Waals surface area contributed by atoms with E-state index in [1.165, 1.54) is 16.1 Å². The third-order valence-corrected chi connectivity index (χ3v) is 6.56. The Labute approximate surface area is 159 Å². The average molecular weight is 373 g/mol. The molecule has 0 bridgehead atoms. The third kappa shape index (κ3) is 3.58. The molecule has 1 amide bonds. The van der Waals surface area contributed by atoms with E-state index < -0.39 is 0 Å². The Balaban J connectivity index is 1.45. The van der Waals surface area contributed by atoms with Crippen LogP contribution >= 0.6 is 11.3 Å². The van der Waals surface area contributed by atoms with Crippen molar-refractivity contribution in [2.75, 3.05) is 19.6 Å². The van der Waals surface area contributed by atoms with Crippen LogP contribution in [0.4, 0.5) is 0 Å². The molecule has 2 aromatic heterocycles. The number of aromatic nitrogens is 2. The molecule has 140 valence electrons. The second-order valence-corrected chi connectivity index (χ2v) is 8.34. The van der Waals surface area contributed by atoms with Crippen LogP contribution in [-0.4, -0.2) is 46.3 Å². The van der Waals surface area contributed by atoms with Crippen molar-refractivity contribution in [1.29, 1.82) is 0 Å². The van der Waals surface area contributed by atoms with Gasteiger partial charge in [-0.05, 0) is 56.9 Å². The van der Waals surface area contributed by atoms with Crippen molar-refractivity contribution >= 4 is 17.2 Å². The molecule has 3 heterocycles. The predicted molar refractivity (Wildman–Crippen MR) is 105 cm³/mol. The zero-order valence-electron chi connectivity index (χ0n) is 15.5. The highest BCUT2D eigenvalue weighted by Gasteiger charge is 2.31. The van der Waals surface area contributed by atoms with Crippen LogP contribution in [0.5, 0.6) is 0 Å². The predicted octanol–water partition coefficient (Wildman–Crippen LogP) is 2.89. The largest absolute Gasteiger partial charge is 0.337 e. The van der Waals surface area contributed by atoms with Gasteiger partial charge in [-0.1, -0.05) is 6.07 Å². The van der Waals surface area contributed by atoms with Crippen molar-refractivity contribution in [2.24, 2.45) is 0 Å². The number of nitrogens with one attached hydrogen (secondary N) is 1. The van der Waals surface area contributed by atoms with Gasteiger partial charge in [0.25, 0.3) is 5.91 Å². The molecule has 1 aliphatic carbocycles. The number of carbonyl (C=O) groups is 1. The number of rotatable bonds is 6. The average Bonchev–Trinajstić information content (AvgIpc) is 3.41. The van der Waals surface area contributed by atoms with Crippen molar-refractivity contribution in [3.8, 4) is 0 Å². The van der Waals surface area contributed by atoms with Crippen LogP contribution in [0.3, 0.4) is 0 Å². The molecule has 0 radical (unpaired) electrons. The Kier molecular flexibility index (Phi) is 5.41. The Morgan fingerprint density at radius 3 is 2.96 bits per heavy atom. The number of thiophene rings is 1. The minimum Gasteiger partial charge on any atom is -0.337 e. The number of fused-ring (bicyclic) bond motifs is 1. The van der Waals surface area contributed by atoms with E-state index in [1.54, 1.807) is 0 Å². The summed E-state index contributed by atoms with van der Waals surface area (Å²) in [5.74, 6) is 0.144. The van der Waals surface area contributed by atoms with E-state index in [0.717, 1.165) is 64.7 Å². The van der Waals surface area contributed by atoms with E-state index in [4.69, 9.17) is 5.10 Å². The molecule has 0 aromatic carbocycles. The third-order valence-electron chi connectivity index (χ3n) is 5.63. The van der Waals surface area contributed by atoms with E-state index in [0.29, 0.717) is 11.7 Å². The van der Waals surface area contributed by atoms with Gasteiger partial charge < -0.3 is 10.2 Å². The Morgan fingerprint density at radius 2 is 2.23 bits per heavy atom. The molecule has 1 saturated heterocycles. The van der Waals surface area contributed by atoms with Crippen molar-refractivity contribution in [3.63, 3.8) is 0 Å². The molecule has 2 aliphatic rings. The fourth-order valence-corrected chi connectivity index (χ4v) is 4.93. The molecule has 1 unspecified atom stereocenters. The Hall–Kier alpha value is -1.66. The lowest BCUT2D eigenvalue weighted by Crippen LogP contribution is -2.37. The molecule has 5 nitrogen and oxygen atoms in total. The highest BCUT2D eigenvalue weighted by Crippen LogP contribution is 2.27. The molecule has 1 fully saturated rings. The Bertz CT molecular complexity index is 746. The fraction of sp³-hybridized carbons (Fsp3) is 0.600. The van der Waals surface area contributed by atoms with Gasteiger partial charge in [0.2, 0.25) is 0 Å². The normalized spacial score (nSPS) is 19.7. The van der Waals surface area contributed by atoms with Crippen LogP contribution in [-0.2, 0) is 25.8 Å². The number of hydrogen-bond donors (Lipinski definition) is 1. The molecule has 26 heavy (non-hydrogen) atoms. The molecule has 4 rings (SSSR count). The van der Waals surface area contributed by atoms with Crippen molar-refractivity contribution in [1.82, 2.24) is 20.0 Å². The first kappa shape index (κ1) is 17.7. The maximum Gasteiger partial charge on any atom is 0.274 e. The summed E-state index contributed by atoms with van der Waals surface area (Å²) in [6, 6.07) is 4.76. The van der Waals surface area contributed by atoms with E-state index >= 15 is 0 Å². The first-order valence-electron chi connectivity index (χ1n) is 9.90. The summed E-state index contributed by atoms with van der Waals surface area (Å²) in [6.07, 6.45) is 6.38. The molecular formula is C20H28N4OS. The van der Waals surface area contributed by atoms with E-state index in [2.05, 4.69) is 34.4 Å². The lowest BCUT2D eigenvalue weighted by molar-refractivity contribution is 0.0785.